The Hall–Kier alpha value is -2.04. The topological polar surface area (TPSA) is 75.6 Å². The molecule has 21 heavy (non-hydrogen) atoms. The molecule has 5 heteroatoms. The van der Waals surface area contributed by atoms with Crippen LogP contribution in [-0.4, -0.2) is 23.6 Å². The standard InChI is InChI=1S/C16H21NO4/c1-2-21-12-6-3-5-11(9-12)10-17-15(18)13-7-4-8-14(13)16(19)20/h3,5-6,9,13-14H,2,4,7-8,10H2,1H3,(H,17,18)(H,19,20)/t13-,14+/m1/s1. The normalized spacial score (nSPS) is 21.0. The summed E-state index contributed by atoms with van der Waals surface area (Å²) in [5, 5.41) is 12.0. The van der Waals surface area contributed by atoms with Crippen molar-refractivity contribution in [1.82, 2.24) is 5.32 Å². The molecule has 2 atom stereocenters. The van der Waals surface area contributed by atoms with Gasteiger partial charge in [-0.15, -0.1) is 0 Å². The van der Waals surface area contributed by atoms with Gasteiger partial charge in [-0.05, 0) is 37.5 Å². The number of carbonyl (C=O) groups excluding carboxylic acids is 1. The van der Waals surface area contributed by atoms with Gasteiger partial charge in [0.05, 0.1) is 18.4 Å². The highest BCUT2D eigenvalue weighted by Gasteiger charge is 2.37. The van der Waals surface area contributed by atoms with Gasteiger partial charge in [-0.1, -0.05) is 18.6 Å². The number of nitrogens with one attached hydrogen (secondary N) is 1. The highest BCUT2D eigenvalue weighted by Crippen LogP contribution is 2.32. The zero-order chi connectivity index (χ0) is 15.2. The van der Waals surface area contributed by atoms with Crippen LogP contribution in [-0.2, 0) is 16.1 Å². The number of benzene rings is 1. The van der Waals surface area contributed by atoms with Crippen LogP contribution in [0.15, 0.2) is 24.3 Å². The van der Waals surface area contributed by atoms with Crippen molar-refractivity contribution >= 4 is 11.9 Å². The van der Waals surface area contributed by atoms with Crippen LogP contribution in [0.5, 0.6) is 5.75 Å². The third kappa shape index (κ3) is 3.97. The Morgan fingerprint density at radius 3 is 2.81 bits per heavy atom. The molecule has 0 radical (unpaired) electrons. The lowest BCUT2D eigenvalue weighted by molar-refractivity contribution is -0.146. The second-order valence-corrected chi connectivity index (χ2v) is 5.28. The average molecular weight is 291 g/mol. The van der Waals surface area contributed by atoms with E-state index in [4.69, 9.17) is 9.84 Å². The molecule has 1 aromatic carbocycles. The molecule has 114 valence electrons. The molecular formula is C16H21NO4. The van der Waals surface area contributed by atoms with E-state index in [1.165, 1.54) is 0 Å². The van der Waals surface area contributed by atoms with Crippen molar-refractivity contribution in [3.63, 3.8) is 0 Å². The minimum atomic E-state index is -0.869. The lowest BCUT2D eigenvalue weighted by atomic mass is 9.95. The highest BCUT2D eigenvalue weighted by molar-refractivity contribution is 5.85. The van der Waals surface area contributed by atoms with Crippen LogP contribution in [0, 0.1) is 11.8 Å². The number of aliphatic carboxylic acids is 1. The fourth-order valence-electron chi connectivity index (χ4n) is 2.80. The van der Waals surface area contributed by atoms with Gasteiger partial charge in [0.25, 0.3) is 0 Å². The number of carboxylic acids is 1. The quantitative estimate of drug-likeness (QED) is 0.842. The Morgan fingerprint density at radius 1 is 1.33 bits per heavy atom. The van der Waals surface area contributed by atoms with Crippen LogP contribution >= 0.6 is 0 Å². The SMILES string of the molecule is CCOc1cccc(CNC(=O)[C@@H]2CCC[C@@H]2C(=O)O)c1. The summed E-state index contributed by atoms with van der Waals surface area (Å²) in [7, 11) is 0. The smallest absolute Gasteiger partial charge is 0.307 e. The average Bonchev–Trinajstić information content (AvgIpc) is 2.95. The number of carboxylic acid groups (broad SMARTS) is 1. The summed E-state index contributed by atoms with van der Waals surface area (Å²) in [6.07, 6.45) is 2.05. The highest BCUT2D eigenvalue weighted by atomic mass is 16.5. The van der Waals surface area contributed by atoms with Crippen LogP contribution in [0.2, 0.25) is 0 Å². The molecule has 5 nitrogen and oxygen atoms in total. The van der Waals surface area contributed by atoms with Crippen molar-refractivity contribution in [3.05, 3.63) is 29.8 Å². The van der Waals surface area contributed by atoms with E-state index in [1.807, 2.05) is 31.2 Å². The minimum Gasteiger partial charge on any atom is -0.494 e. The van der Waals surface area contributed by atoms with Crippen LogP contribution in [0.4, 0.5) is 0 Å². The molecule has 0 saturated heterocycles. The molecule has 1 aliphatic rings. The predicted molar refractivity (Wildman–Crippen MR) is 77.9 cm³/mol. The van der Waals surface area contributed by atoms with E-state index in [1.54, 1.807) is 0 Å². The fraction of sp³-hybridized carbons (Fsp3) is 0.500. The molecule has 0 aromatic heterocycles. The molecule has 0 unspecified atom stereocenters. The third-order valence-electron chi connectivity index (χ3n) is 3.85. The Morgan fingerprint density at radius 2 is 2.10 bits per heavy atom. The Kier molecular flexibility index (Phi) is 5.20. The van der Waals surface area contributed by atoms with Crippen molar-refractivity contribution in [2.24, 2.45) is 11.8 Å². The number of carbonyl (C=O) groups is 2. The third-order valence-corrected chi connectivity index (χ3v) is 3.85. The van der Waals surface area contributed by atoms with Gasteiger partial charge in [0.15, 0.2) is 0 Å². The monoisotopic (exact) mass is 291 g/mol. The molecule has 1 amide bonds. The van der Waals surface area contributed by atoms with Gasteiger partial charge in [0.2, 0.25) is 5.91 Å². The Balaban J connectivity index is 1.91. The van der Waals surface area contributed by atoms with Crippen molar-refractivity contribution in [2.75, 3.05) is 6.61 Å². The van der Waals surface area contributed by atoms with E-state index in [0.717, 1.165) is 17.7 Å². The zero-order valence-electron chi connectivity index (χ0n) is 12.2. The van der Waals surface area contributed by atoms with E-state index < -0.39 is 17.8 Å². The largest absolute Gasteiger partial charge is 0.494 e. The van der Waals surface area contributed by atoms with E-state index in [-0.39, 0.29) is 5.91 Å². The molecule has 1 saturated carbocycles. The van der Waals surface area contributed by atoms with Crippen LogP contribution in [0.3, 0.4) is 0 Å². The maximum Gasteiger partial charge on any atom is 0.307 e. The molecule has 2 N–H and O–H groups in total. The molecule has 0 heterocycles. The summed E-state index contributed by atoms with van der Waals surface area (Å²) >= 11 is 0. The first kappa shape index (κ1) is 15.4. The first-order valence-corrected chi connectivity index (χ1v) is 7.34. The Bertz CT molecular complexity index is 515. The van der Waals surface area contributed by atoms with Crippen molar-refractivity contribution in [1.29, 1.82) is 0 Å². The second kappa shape index (κ2) is 7.11. The van der Waals surface area contributed by atoms with Crippen molar-refractivity contribution in [2.45, 2.75) is 32.7 Å². The van der Waals surface area contributed by atoms with Crippen molar-refractivity contribution in [3.8, 4) is 5.75 Å². The van der Waals surface area contributed by atoms with Gasteiger partial charge in [0.1, 0.15) is 5.75 Å². The summed E-state index contributed by atoms with van der Waals surface area (Å²) < 4.78 is 5.41. The molecule has 0 aliphatic heterocycles. The lowest BCUT2D eigenvalue weighted by Gasteiger charge is -2.15. The number of hydrogen-bond acceptors (Lipinski definition) is 3. The summed E-state index contributed by atoms with van der Waals surface area (Å²) in [5.74, 6) is -1.21. The van der Waals surface area contributed by atoms with Gasteiger partial charge in [-0.2, -0.15) is 0 Å². The van der Waals surface area contributed by atoms with Crippen molar-refractivity contribution < 1.29 is 19.4 Å². The summed E-state index contributed by atoms with van der Waals surface area (Å²) in [4.78, 5) is 23.2. The van der Waals surface area contributed by atoms with Crippen LogP contribution in [0.25, 0.3) is 0 Å². The first-order valence-electron chi connectivity index (χ1n) is 7.34. The van der Waals surface area contributed by atoms with Gasteiger partial charge in [0, 0.05) is 6.54 Å². The molecule has 1 aliphatic carbocycles. The molecule has 0 bridgehead atoms. The summed E-state index contributed by atoms with van der Waals surface area (Å²) in [5.41, 5.74) is 0.944. The van der Waals surface area contributed by atoms with E-state index in [9.17, 15) is 9.59 Å². The van der Waals surface area contributed by atoms with Gasteiger partial charge in [-0.3, -0.25) is 9.59 Å². The van der Waals surface area contributed by atoms with Crippen LogP contribution < -0.4 is 10.1 Å². The van der Waals surface area contributed by atoms with Crippen LogP contribution in [0.1, 0.15) is 31.7 Å². The molecule has 2 rings (SSSR count). The van der Waals surface area contributed by atoms with E-state index in [0.29, 0.717) is 26.0 Å². The summed E-state index contributed by atoms with van der Waals surface area (Å²) in [6, 6.07) is 7.54. The maximum absolute atomic E-state index is 12.1. The molecule has 1 fully saturated rings. The van der Waals surface area contributed by atoms with Gasteiger partial charge in [-0.25, -0.2) is 0 Å². The Labute approximate surface area is 124 Å². The maximum atomic E-state index is 12.1. The first-order chi connectivity index (χ1) is 10.1. The van der Waals surface area contributed by atoms with E-state index in [2.05, 4.69) is 5.32 Å². The second-order valence-electron chi connectivity index (χ2n) is 5.28. The summed E-state index contributed by atoms with van der Waals surface area (Å²) in [6.45, 7) is 2.90. The lowest BCUT2D eigenvalue weighted by Crippen LogP contribution is -2.34. The zero-order valence-corrected chi connectivity index (χ0v) is 12.2. The molecule has 1 aromatic rings. The van der Waals surface area contributed by atoms with Gasteiger partial charge < -0.3 is 15.2 Å². The van der Waals surface area contributed by atoms with Gasteiger partial charge >= 0.3 is 5.97 Å². The van der Waals surface area contributed by atoms with E-state index >= 15 is 0 Å². The molecule has 0 spiro atoms. The molecular weight excluding hydrogens is 270 g/mol. The number of hydrogen-bond donors (Lipinski definition) is 2. The predicted octanol–water partition coefficient (Wildman–Crippen LogP) is 2.20. The minimum absolute atomic E-state index is 0.165. The fourth-order valence-corrected chi connectivity index (χ4v) is 2.80. The number of amides is 1. The number of ether oxygens (including phenoxy) is 1. The number of rotatable bonds is 6.